The Hall–Kier alpha value is -1.62. The second kappa shape index (κ2) is 6.89. The average Bonchev–Trinajstić information content (AvgIpc) is 2.42. The molecule has 4 nitrogen and oxygen atoms in total. The van der Waals surface area contributed by atoms with Gasteiger partial charge in [0.25, 0.3) is 0 Å². The van der Waals surface area contributed by atoms with E-state index in [0.29, 0.717) is 5.39 Å². The van der Waals surface area contributed by atoms with Crippen molar-refractivity contribution in [2.75, 3.05) is 0 Å². The van der Waals surface area contributed by atoms with Crippen LogP contribution in [0.1, 0.15) is 26.7 Å². The molecule has 5 heteroatoms. The Labute approximate surface area is 132 Å². The highest BCUT2D eigenvalue weighted by Gasteiger charge is 2.09. The number of carbonyl (C=O) groups is 1. The van der Waals surface area contributed by atoms with E-state index in [1.165, 1.54) is 6.07 Å². The molecule has 0 bridgehead atoms. The summed E-state index contributed by atoms with van der Waals surface area (Å²) in [6, 6.07) is 7.13. The molecule has 1 N–H and O–H groups in total. The fourth-order valence-corrected chi connectivity index (χ4v) is 2.75. The van der Waals surface area contributed by atoms with Crippen LogP contribution in [-0.2, 0) is 11.3 Å². The number of nitrogens with one attached hydrogen (secondary N) is 1. The number of aromatic nitrogens is 1. The largest absolute Gasteiger partial charge is 0.352 e. The lowest BCUT2D eigenvalue weighted by Crippen LogP contribution is -2.35. The average molecular weight is 351 g/mol. The zero-order chi connectivity index (χ0) is 15.4. The highest BCUT2D eigenvalue weighted by molar-refractivity contribution is 9.10. The van der Waals surface area contributed by atoms with Crippen molar-refractivity contribution >= 4 is 32.7 Å². The highest BCUT2D eigenvalue weighted by atomic mass is 79.9. The normalized spacial score (nSPS) is 12.3. The zero-order valence-corrected chi connectivity index (χ0v) is 13.8. The van der Waals surface area contributed by atoms with Crippen LogP contribution in [0.2, 0.25) is 0 Å². The summed E-state index contributed by atoms with van der Waals surface area (Å²) in [5.41, 5.74) is 0.726. The first-order chi connectivity index (χ1) is 10.0. The number of fused-ring (bicyclic) bond motifs is 1. The van der Waals surface area contributed by atoms with Crippen LogP contribution >= 0.6 is 15.9 Å². The summed E-state index contributed by atoms with van der Waals surface area (Å²) >= 11 is 3.40. The van der Waals surface area contributed by atoms with Crippen LogP contribution in [0, 0.1) is 0 Å². The SMILES string of the molecule is CCCC(C)NC(=O)Cn1ccc(=O)c2ccc(Br)cc21. The minimum Gasteiger partial charge on any atom is -0.352 e. The van der Waals surface area contributed by atoms with Gasteiger partial charge in [0.1, 0.15) is 6.54 Å². The first kappa shape index (κ1) is 15.8. The Bertz CT molecular complexity index is 709. The van der Waals surface area contributed by atoms with Crippen LogP contribution in [0.15, 0.2) is 39.7 Å². The van der Waals surface area contributed by atoms with Gasteiger partial charge in [0.15, 0.2) is 5.43 Å². The minimum atomic E-state index is -0.0409. The molecule has 112 valence electrons. The van der Waals surface area contributed by atoms with Crippen LogP contribution < -0.4 is 10.7 Å². The summed E-state index contributed by atoms with van der Waals surface area (Å²) in [6.45, 7) is 4.30. The quantitative estimate of drug-likeness (QED) is 0.900. The van der Waals surface area contributed by atoms with Gasteiger partial charge in [-0.25, -0.2) is 0 Å². The monoisotopic (exact) mass is 350 g/mol. The molecule has 0 spiro atoms. The third-order valence-corrected chi connectivity index (χ3v) is 3.88. The van der Waals surface area contributed by atoms with Gasteiger partial charge in [-0.05, 0) is 31.5 Å². The Kier molecular flexibility index (Phi) is 5.17. The fraction of sp³-hybridized carbons (Fsp3) is 0.375. The molecule has 0 aliphatic rings. The van der Waals surface area contributed by atoms with Gasteiger partial charge < -0.3 is 9.88 Å². The van der Waals surface area contributed by atoms with Gasteiger partial charge in [-0.1, -0.05) is 29.3 Å². The number of halogens is 1. The van der Waals surface area contributed by atoms with Crippen molar-refractivity contribution in [3.8, 4) is 0 Å². The van der Waals surface area contributed by atoms with Crippen molar-refractivity contribution in [2.24, 2.45) is 0 Å². The lowest BCUT2D eigenvalue weighted by atomic mass is 10.2. The molecule has 0 aliphatic carbocycles. The summed E-state index contributed by atoms with van der Waals surface area (Å²) in [4.78, 5) is 24.0. The molecule has 2 aromatic rings. The molecule has 0 aliphatic heterocycles. The molecule has 0 saturated heterocycles. The summed E-state index contributed by atoms with van der Waals surface area (Å²) in [5.74, 6) is -0.0409. The van der Waals surface area contributed by atoms with E-state index >= 15 is 0 Å². The predicted octanol–water partition coefficient (Wildman–Crippen LogP) is 3.07. The third kappa shape index (κ3) is 3.94. The van der Waals surface area contributed by atoms with Gasteiger partial charge in [-0.15, -0.1) is 0 Å². The molecule has 1 aromatic carbocycles. The van der Waals surface area contributed by atoms with E-state index in [2.05, 4.69) is 28.2 Å². The third-order valence-electron chi connectivity index (χ3n) is 3.38. The van der Waals surface area contributed by atoms with E-state index in [0.717, 1.165) is 22.8 Å². The lowest BCUT2D eigenvalue weighted by molar-refractivity contribution is -0.122. The van der Waals surface area contributed by atoms with E-state index < -0.39 is 0 Å². The van der Waals surface area contributed by atoms with Crippen molar-refractivity contribution in [2.45, 2.75) is 39.3 Å². The Morgan fingerprint density at radius 3 is 2.86 bits per heavy atom. The van der Waals surface area contributed by atoms with Crippen molar-refractivity contribution in [3.63, 3.8) is 0 Å². The second-order valence-electron chi connectivity index (χ2n) is 5.23. The molecule has 1 aromatic heterocycles. The van der Waals surface area contributed by atoms with E-state index in [1.807, 2.05) is 19.1 Å². The Morgan fingerprint density at radius 1 is 1.38 bits per heavy atom. The number of pyridine rings is 1. The van der Waals surface area contributed by atoms with E-state index in [9.17, 15) is 9.59 Å². The molecule has 21 heavy (non-hydrogen) atoms. The number of nitrogens with zero attached hydrogens (tertiary/aromatic N) is 1. The number of rotatable bonds is 5. The van der Waals surface area contributed by atoms with Gasteiger partial charge >= 0.3 is 0 Å². The molecule has 2 rings (SSSR count). The van der Waals surface area contributed by atoms with E-state index in [-0.39, 0.29) is 23.9 Å². The summed E-state index contributed by atoms with van der Waals surface area (Å²) in [7, 11) is 0. The van der Waals surface area contributed by atoms with E-state index in [1.54, 1.807) is 16.8 Å². The van der Waals surface area contributed by atoms with Gasteiger partial charge in [-0.3, -0.25) is 9.59 Å². The maximum Gasteiger partial charge on any atom is 0.240 e. The number of amides is 1. The topological polar surface area (TPSA) is 51.1 Å². The van der Waals surface area contributed by atoms with Crippen molar-refractivity contribution in [3.05, 3.63) is 45.2 Å². The molecule has 1 unspecified atom stereocenters. The van der Waals surface area contributed by atoms with Gasteiger partial charge in [-0.2, -0.15) is 0 Å². The standard InChI is InChI=1S/C16H19BrN2O2/c1-3-4-11(2)18-16(21)10-19-8-7-15(20)13-6-5-12(17)9-14(13)19/h5-9,11H,3-4,10H2,1-2H3,(H,18,21). The number of hydrogen-bond donors (Lipinski definition) is 1. The van der Waals surface area contributed by atoms with Crippen LogP contribution in [0.3, 0.4) is 0 Å². The maximum atomic E-state index is 12.1. The lowest BCUT2D eigenvalue weighted by Gasteiger charge is -2.15. The van der Waals surface area contributed by atoms with Crippen molar-refractivity contribution in [1.82, 2.24) is 9.88 Å². The van der Waals surface area contributed by atoms with Gasteiger partial charge in [0, 0.05) is 28.2 Å². The second-order valence-corrected chi connectivity index (χ2v) is 6.14. The van der Waals surface area contributed by atoms with Crippen molar-refractivity contribution in [1.29, 1.82) is 0 Å². The molecular formula is C16H19BrN2O2. The van der Waals surface area contributed by atoms with Gasteiger partial charge in [0.2, 0.25) is 5.91 Å². The smallest absolute Gasteiger partial charge is 0.240 e. The molecule has 1 atom stereocenters. The maximum absolute atomic E-state index is 12.1. The molecule has 0 radical (unpaired) electrons. The zero-order valence-electron chi connectivity index (χ0n) is 12.2. The molecule has 0 fully saturated rings. The van der Waals surface area contributed by atoms with E-state index in [4.69, 9.17) is 0 Å². The summed E-state index contributed by atoms with van der Waals surface area (Å²) in [5, 5.41) is 3.59. The molecule has 1 heterocycles. The minimum absolute atomic E-state index is 0.0338. The highest BCUT2D eigenvalue weighted by Crippen LogP contribution is 2.17. The Morgan fingerprint density at radius 2 is 2.14 bits per heavy atom. The number of benzene rings is 1. The van der Waals surface area contributed by atoms with Crippen LogP contribution in [0.4, 0.5) is 0 Å². The number of hydrogen-bond acceptors (Lipinski definition) is 2. The number of carbonyl (C=O) groups excluding carboxylic acids is 1. The molecule has 1 amide bonds. The van der Waals surface area contributed by atoms with Crippen molar-refractivity contribution < 1.29 is 4.79 Å². The van der Waals surface area contributed by atoms with Crippen LogP contribution in [0.5, 0.6) is 0 Å². The summed E-state index contributed by atoms with van der Waals surface area (Å²) in [6.07, 6.45) is 3.67. The van der Waals surface area contributed by atoms with Crippen LogP contribution in [-0.4, -0.2) is 16.5 Å². The first-order valence-corrected chi connectivity index (χ1v) is 7.88. The van der Waals surface area contributed by atoms with Gasteiger partial charge in [0.05, 0.1) is 5.52 Å². The predicted molar refractivity (Wildman–Crippen MR) is 88.4 cm³/mol. The fourth-order valence-electron chi connectivity index (χ4n) is 2.40. The Balaban J connectivity index is 2.26. The molecule has 0 saturated carbocycles. The molecular weight excluding hydrogens is 332 g/mol. The first-order valence-electron chi connectivity index (χ1n) is 7.09. The summed E-state index contributed by atoms with van der Waals surface area (Å²) < 4.78 is 2.68. The van der Waals surface area contributed by atoms with Crippen LogP contribution in [0.25, 0.3) is 10.9 Å².